The maximum Gasteiger partial charge on any atom is 0.307 e. The molecule has 0 aliphatic heterocycles. The highest BCUT2D eigenvalue weighted by Gasteiger charge is 2.18. The Bertz CT molecular complexity index is 479. The Morgan fingerprint density at radius 3 is 2.68 bits per heavy atom. The number of hydrogen-bond acceptors (Lipinski definition) is 3. The molecular weight excluding hydrogens is 334 g/mol. The third-order valence-electron chi connectivity index (χ3n) is 2.64. The summed E-state index contributed by atoms with van der Waals surface area (Å²) in [6, 6.07) is 5.10. The zero-order valence-corrected chi connectivity index (χ0v) is 13.1. The van der Waals surface area contributed by atoms with Crippen molar-refractivity contribution in [3.63, 3.8) is 0 Å². The molecule has 1 aromatic rings. The second-order valence-electron chi connectivity index (χ2n) is 3.84. The molecule has 0 aliphatic rings. The van der Waals surface area contributed by atoms with Crippen LogP contribution in [0.3, 0.4) is 0 Å². The van der Waals surface area contributed by atoms with E-state index in [2.05, 4.69) is 20.7 Å². The smallest absolute Gasteiger partial charge is 0.307 e. The van der Waals surface area contributed by atoms with E-state index >= 15 is 0 Å². The van der Waals surface area contributed by atoms with Gasteiger partial charge in [0, 0.05) is 17.6 Å². The maximum absolute atomic E-state index is 12.3. The number of nitrogens with zero attached hydrogens (tertiary/aromatic N) is 1. The minimum absolute atomic E-state index is 0.168. The molecule has 6 heteroatoms. The van der Waals surface area contributed by atoms with Gasteiger partial charge < -0.3 is 9.64 Å². The van der Waals surface area contributed by atoms with Crippen LogP contribution in [0.2, 0.25) is 5.02 Å². The number of halogens is 2. The first-order valence-corrected chi connectivity index (χ1v) is 6.97. The van der Waals surface area contributed by atoms with Crippen molar-refractivity contribution in [2.45, 2.75) is 13.3 Å². The maximum atomic E-state index is 12.3. The summed E-state index contributed by atoms with van der Waals surface area (Å²) in [4.78, 5) is 25.0. The topological polar surface area (TPSA) is 46.6 Å². The summed E-state index contributed by atoms with van der Waals surface area (Å²) in [5, 5.41) is 0.393. The Morgan fingerprint density at radius 1 is 1.42 bits per heavy atom. The second kappa shape index (κ2) is 7.50. The van der Waals surface area contributed by atoms with Gasteiger partial charge in [-0.25, -0.2) is 0 Å². The fourth-order valence-corrected chi connectivity index (χ4v) is 2.12. The Morgan fingerprint density at radius 2 is 2.11 bits per heavy atom. The van der Waals surface area contributed by atoms with E-state index in [4.69, 9.17) is 11.6 Å². The molecule has 0 bridgehead atoms. The van der Waals surface area contributed by atoms with Gasteiger partial charge in [-0.15, -0.1) is 0 Å². The number of carbonyl (C=O) groups is 2. The normalized spacial score (nSPS) is 10.1. The van der Waals surface area contributed by atoms with E-state index in [0.29, 0.717) is 23.7 Å². The standard InChI is InChI=1S/C13H15BrClNO3/c1-3-16(7-6-12(17)19-2)13(18)10-8-9(14)4-5-11(10)15/h4-5,8H,3,6-7H2,1-2H3. The quantitative estimate of drug-likeness (QED) is 0.768. The monoisotopic (exact) mass is 347 g/mol. The lowest BCUT2D eigenvalue weighted by Crippen LogP contribution is -2.33. The SMILES string of the molecule is CCN(CCC(=O)OC)C(=O)c1cc(Br)ccc1Cl. The third-order valence-corrected chi connectivity index (χ3v) is 3.46. The first kappa shape index (κ1) is 16.0. The van der Waals surface area contributed by atoms with Crippen molar-refractivity contribution in [3.05, 3.63) is 33.3 Å². The largest absolute Gasteiger partial charge is 0.469 e. The minimum Gasteiger partial charge on any atom is -0.469 e. The molecular formula is C13H15BrClNO3. The van der Waals surface area contributed by atoms with E-state index < -0.39 is 0 Å². The molecule has 1 amide bonds. The van der Waals surface area contributed by atoms with Crippen molar-refractivity contribution in [2.24, 2.45) is 0 Å². The van der Waals surface area contributed by atoms with Crippen LogP contribution in [0, 0.1) is 0 Å². The number of amides is 1. The van der Waals surface area contributed by atoms with Crippen molar-refractivity contribution in [2.75, 3.05) is 20.2 Å². The van der Waals surface area contributed by atoms with E-state index in [0.717, 1.165) is 4.47 Å². The number of ether oxygens (including phenoxy) is 1. The molecule has 104 valence electrons. The van der Waals surface area contributed by atoms with Gasteiger partial charge in [0.25, 0.3) is 5.91 Å². The number of rotatable bonds is 5. The van der Waals surface area contributed by atoms with Crippen molar-refractivity contribution < 1.29 is 14.3 Å². The number of methoxy groups -OCH3 is 1. The van der Waals surface area contributed by atoms with Gasteiger partial charge in [0.15, 0.2) is 0 Å². The lowest BCUT2D eigenvalue weighted by Gasteiger charge is -2.21. The Kier molecular flexibility index (Phi) is 6.31. The van der Waals surface area contributed by atoms with Crippen molar-refractivity contribution in [1.29, 1.82) is 0 Å². The van der Waals surface area contributed by atoms with Crippen LogP contribution in [-0.2, 0) is 9.53 Å². The summed E-state index contributed by atoms with van der Waals surface area (Å²) < 4.78 is 5.34. The number of benzene rings is 1. The lowest BCUT2D eigenvalue weighted by atomic mass is 10.2. The summed E-state index contributed by atoms with van der Waals surface area (Å²) in [5.74, 6) is -0.538. The number of hydrogen-bond donors (Lipinski definition) is 0. The summed E-state index contributed by atoms with van der Waals surface area (Å²) in [7, 11) is 1.33. The van der Waals surface area contributed by atoms with Gasteiger partial charge in [0.05, 0.1) is 24.1 Å². The van der Waals surface area contributed by atoms with Crippen molar-refractivity contribution >= 4 is 39.4 Å². The first-order valence-electron chi connectivity index (χ1n) is 5.80. The van der Waals surface area contributed by atoms with Gasteiger partial charge in [-0.3, -0.25) is 9.59 Å². The number of carbonyl (C=O) groups excluding carboxylic acids is 2. The average molecular weight is 349 g/mol. The van der Waals surface area contributed by atoms with Gasteiger partial charge in [-0.1, -0.05) is 27.5 Å². The molecule has 1 rings (SSSR count). The molecule has 0 saturated carbocycles. The molecule has 4 nitrogen and oxygen atoms in total. The minimum atomic E-state index is -0.341. The Balaban J connectivity index is 2.83. The summed E-state index contributed by atoms with van der Waals surface area (Å²) in [6.07, 6.45) is 0.168. The Hall–Kier alpha value is -1.07. The molecule has 0 atom stereocenters. The molecule has 0 unspecified atom stereocenters. The van der Waals surface area contributed by atoms with Crippen LogP contribution in [0.15, 0.2) is 22.7 Å². The average Bonchev–Trinajstić information content (AvgIpc) is 2.41. The van der Waals surface area contributed by atoms with E-state index in [1.807, 2.05) is 6.92 Å². The third kappa shape index (κ3) is 4.51. The zero-order valence-electron chi connectivity index (χ0n) is 10.8. The summed E-state index contributed by atoms with van der Waals surface area (Å²) >= 11 is 9.33. The van der Waals surface area contributed by atoms with Crippen LogP contribution >= 0.6 is 27.5 Å². The summed E-state index contributed by atoms with van der Waals surface area (Å²) in [6.45, 7) is 2.66. The Labute approximate surface area is 125 Å². The molecule has 0 saturated heterocycles. The highest BCUT2D eigenvalue weighted by molar-refractivity contribution is 9.10. The number of esters is 1. The van der Waals surface area contributed by atoms with Crippen LogP contribution in [0.5, 0.6) is 0 Å². The molecule has 1 aromatic carbocycles. The van der Waals surface area contributed by atoms with E-state index in [9.17, 15) is 9.59 Å². The summed E-state index contributed by atoms with van der Waals surface area (Å²) in [5.41, 5.74) is 0.419. The molecule has 0 aromatic heterocycles. The van der Waals surface area contributed by atoms with Crippen molar-refractivity contribution in [3.8, 4) is 0 Å². The van der Waals surface area contributed by atoms with Gasteiger partial charge in [-0.05, 0) is 25.1 Å². The lowest BCUT2D eigenvalue weighted by molar-refractivity contribution is -0.140. The highest BCUT2D eigenvalue weighted by atomic mass is 79.9. The van der Waals surface area contributed by atoms with Gasteiger partial charge >= 0.3 is 5.97 Å². The van der Waals surface area contributed by atoms with Crippen LogP contribution in [0.4, 0.5) is 0 Å². The molecule has 0 N–H and O–H groups in total. The predicted molar refractivity (Wildman–Crippen MR) is 77.4 cm³/mol. The van der Waals surface area contributed by atoms with E-state index in [-0.39, 0.29) is 18.3 Å². The van der Waals surface area contributed by atoms with Gasteiger partial charge in [-0.2, -0.15) is 0 Å². The van der Waals surface area contributed by atoms with E-state index in [1.54, 1.807) is 23.1 Å². The fraction of sp³-hybridized carbons (Fsp3) is 0.385. The molecule has 0 spiro atoms. The highest BCUT2D eigenvalue weighted by Crippen LogP contribution is 2.22. The van der Waals surface area contributed by atoms with Gasteiger partial charge in [0.1, 0.15) is 0 Å². The molecule has 0 aliphatic carbocycles. The fourth-order valence-electron chi connectivity index (χ4n) is 1.56. The predicted octanol–water partition coefficient (Wildman–Crippen LogP) is 3.13. The van der Waals surface area contributed by atoms with Crippen molar-refractivity contribution in [1.82, 2.24) is 4.90 Å². The molecule has 19 heavy (non-hydrogen) atoms. The zero-order chi connectivity index (χ0) is 14.4. The molecule has 0 heterocycles. The van der Waals surface area contributed by atoms with Gasteiger partial charge in [0.2, 0.25) is 0 Å². The van der Waals surface area contributed by atoms with Crippen LogP contribution in [0.1, 0.15) is 23.7 Å². The molecule has 0 fully saturated rings. The second-order valence-corrected chi connectivity index (χ2v) is 5.16. The van der Waals surface area contributed by atoms with Crippen LogP contribution in [-0.4, -0.2) is 37.0 Å². The first-order chi connectivity index (χ1) is 8.99. The van der Waals surface area contributed by atoms with Crippen LogP contribution in [0.25, 0.3) is 0 Å². The molecule has 0 radical (unpaired) electrons. The van der Waals surface area contributed by atoms with Crippen LogP contribution < -0.4 is 0 Å². The van der Waals surface area contributed by atoms with E-state index in [1.165, 1.54) is 7.11 Å².